The molecule has 1 aliphatic rings. The second-order valence-electron chi connectivity index (χ2n) is 5.83. The van der Waals surface area contributed by atoms with E-state index in [2.05, 4.69) is 20.8 Å². The lowest BCUT2D eigenvalue weighted by Gasteiger charge is -2.21. The summed E-state index contributed by atoms with van der Waals surface area (Å²) < 4.78 is 42.7. The Morgan fingerprint density at radius 3 is 2.56 bits per heavy atom. The Kier molecular flexibility index (Phi) is 5.03. The Bertz CT molecular complexity index is 722. The topological polar surface area (TPSA) is 80.1 Å². The van der Waals surface area contributed by atoms with Crippen LogP contribution in [0.1, 0.15) is 24.3 Å². The fourth-order valence-electron chi connectivity index (χ4n) is 2.64. The first-order chi connectivity index (χ1) is 11.9. The predicted octanol–water partition coefficient (Wildman–Crippen LogP) is 2.37. The summed E-state index contributed by atoms with van der Waals surface area (Å²) >= 11 is 0. The number of hydrogen-bond donors (Lipinski definition) is 2. The van der Waals surface area contributed by atoms with E-state index in [-0.39, 0.29) is 30.1 Å². The highest BCUT2D eigenvalue weighted by molar-refractivity contribution is 5.78. The normalized spacial score (nSPS) is 16.0. The van der Waals surface area contributed by atoms with E-state index in [0.717, 1.165) is 38.1 Å². The van der Waals surface area contributed by atoms with Crippen molar-refractivity contribution in [1.29, 1.82) is 0 Å². The minimum absolute atomic E-state index is 0.0291. The van der Waals surface area contributed by atoms with Crippen LogP contribution in [-0.2, 0) is 17.5 Å². The maximum Gasteiger partial charge on any atom is 0.416 e. The van der Waals surface area contributed by atoms with Gasteiger partial charge in [0.1, 0.15) is 0 Å². The van der Waals surface area contributed by atoms with E-state index in [9.17, 15) is 18.0 Å². The first-order valence-electron chi connectivity index (χ1n) is 7.92. The molecule has 1 amide bonds. The molecule has 2 N–H and O–H groups in total. The van der Waals surface area contributed by atoms with Gasteiger partial charge in [-0.05, 0) is 38.1 Å². The molecule has 134 valence electrons. The molecule has 0 atom stereocenters. The Labute approximate surface area is 141 Å². The fourth-order valence-corrected chi connectivity index (χ4v) is 2.64. The standard InChI is InChI=1S/C16H17F3N4O2/c17-16(18,19)12-3-1-10(2-4-12)14-22-13(25-23-14)9-21-15(24)11-5-7-20-8-6-11/h1-4,11,20H,5-9H2,(H,21,24). The van der Waals surface area contributed by atoms with Crippen LogP contribution < -0.4 is 10.6 Å². The molecule has 1 aromatic heterocycles. The molecule has 0 aliphatic carbocycles. The van der Waals surface area contributed by atoms with Crippen molar-refractivity contribution in [2.45, 2.75) is 25.6 Å². The van der Waals surface area contributed by atoms with Gasteiger partial charge in [0.05, 0.1) is 12.1 Å². The number of aromatic nitrogens is 2. The summed E-state index contributed by atoms with van der Waals surface area (Å²) in [6, 6.07) is 4.49. The van der Waals surface area contributed by atoms with Crippen molar-refractivity contribution in [3.8, 4) is 11.4 Å². The van der Waals surface area contributed by atoms with Crippen molar-refractivity contribution < 1.29 is 22.5 Å². The molecule has 0 spiro atoms. The minimum atomic E-state index is -4.39. The Morgan fingerprint density at radius 2 is 1.92 bits per heavy atom. The van der Waals surface area contributed by atoms with Crippen molar-refractivity contribution in [1.82, 2.24) is 20.8 Å². The zero-order valence-electron chi connectivity index (χ0n) is 13.3. The fraction of sp³-hybridized carbons (Fsp3) is 0.438. The van der Waals surface area contributed by atoms with E-state index < -0.39 is 11.7 Å². The van der Waals surface area contributed by atoms with Gasteiger partial charge in [0.2, 0.25) is 17.6 Å². The average Bonchev–Trinajstić information content (AvgIpc) is 3.09. The van der Waals surface area contributed by atoms with E-state index in [1.807, 2.05) is 0 Å². The summed E-state index contributed by atoms with van der Waals surface area (Å²) in [4.78, 5) is 16.1. The number of carbonyl (C=O) groups is 1. The number of alkyl halides is 3. The van der Waals surface area contributed by atoms with Crippen LogP contribution in [0.3, 0.4) is 0 Å². The molecule has 1 fully saturated rings. The van der Waals surface area contributed by atoms with Gasteiger partial charge < -0.3 is 15.2 Å². The van der Waals surface area contributed by atoms with Crippen LogP contribution in [0.5, 0.6) is 0 Å². The Balaban J connectivity index is 1.59. The molecule has 0 unspecified atom stereocenters. The zero-order valence-corrected chi connectivity index (χ0v) is 13.3. The van der Waals surface area contributed by atoms with E-state index in [0.29, 0.717) is 5.56 Å². The van der Waals surface area contributed by atoms with Crippen molar-refractivity contribution in [3.05, 3.63) is 35.7 Å². The third-order valence-electron chi connectivity index (χ3n) is 4.06. The number of rotatable bonds is 4. The summed E-state index contributed by atoms with van der Waals surface area (Å²) in [6.07, 6.45) is -2.82. The number of hydrogen-bond acceptors (Lipinski definition) is 5. The highest BCUT2D eigenvalue weighted by Crippen LogP contribution is 2.30. The second kappa shape index (κ2) is 7.22. The highest BCUT2D eigenvalue weighted by Gasteiger charge is 2.30. The smallest absolute Gasteiger partial charge is 0.347 e. The monoisotopic (exact) mass is 354 g/mol. The number of halogens is 3. The van der Waals surface area contributed by atoms with Crippen LogP contribution in [0.25, 0.3) is 11.4 Å². The number of amides is 1. The van der Waals surface area contributed by atoms with Crippen LogP contribution in [0.15, 0.2) is 28.8 Å². The van der Waals surface area contributed by atoms with Crippen LogP contribution in [-0.4, -0.2) is 29.1 Å². The molecule has 6 nitrogen and oxygen atoms in total. The summed E-state index contributed by atoms with van der Waals surface area (Å²) in [5, 5.41) is 9.68. The van der Waals surface area contributed by atoms with Crippen molar-refractivity contribution in [2.75, 3.05) is 13.1 Å². The molecular weight excluding hydrogens is 337 g/mol. The quantitative estimate of drug-likeness (QED) is 0.881. The van der Waals surface area contributed by atoms with Gasteiger partial charge in [-0.3, -0.25) is 4.79 Å². The maximum absolute atomic E-state index is 12.6. The van der Waals surface area contributed by atoms with E-state index in [1.165, 1.54) is 12.1 Å². The van der Waals surface area contributed by atoms with Gasteiger partial charge in [0.15, 0.2) is 0 Å². The lowest BCUT2D eigenvalue weighted by molar-refractivity contribution is -0.137. The number of benzene rings is 1. The minimum Gasteiger partial charge on any atom is -0.347 e. The summed E-state index contributed by atoms with van der Waals surface area (Å²) in [5.41, 5.74) is -0.332. The summed E-state index contributed by atoms with van der Waals surface area (Å²) in [6.45, 7) is 1.73. The molecule has 0 radical (unpaired) electrons. The average molecular weight is 354 g/mol. The molecular formula is C16H17F3N4O2. The molecule has 1 saturated heterocycles. The number of piperidine rings is 1. The molecule has 1 aromatic carbocycles. The van der Waals surface area contributed by atoms with Crippen LogP contribution in [0, 0.1) is 5.92 Å². The largest absolute Gasteiger partial charge is 0.416 e. The Hall–Kier alpha value is -2.42. The number of nitrogens with one attached hydrogen (secondary N) is 2. The number of carbonyl (C=O) groups excluding carboxylic acids is 1. The van der Waals surface area contributed by atoms with E-state index in [1.54, 1.807) is 0 Å². The first kappa shape index (κ1) is 17.4. The lowest BCUT2D eigenvalue weighted by Crippen LogP contribution is -2.37. The van der Waals surface area contributed by atoms with Gasteiger partial charge in [-0.15, -0.1) is 0 Å². The molecule has 25 heavy (non-hydrogen) atoms. The molecule has 0 saturated carbocycles. The van der Waals surface area contributed by atoms with Crippen LogP contribution in [0.4, 0.5) is 13.2 Å². The summed E-state index contributed by atoms with van der Waals surface area (Å²) in [7, 11) is 0. The van der Waals surface area contributed by atoms with Gasteiger partial charge in [0.25, 0.3) is 0 Å². The molecule has 1 aliphatic heterocycles. The van der Waals surface area contributed by atoms with Gasteiger partial charge in [-0.1, -0.05) is 17.3 Å². The second-order valence-corrected chi connectivity index (χ2v) is 5.83. The van der Waals surface area contributed by atoms with E-state index >= 15 is 0 Å². The third-order valence-corrected chi connectivity index (χ3v) is 4.06. The maximum atomic E-state index is 12.6. The van der Waals surface area contributed by atoms with Crippen molar-refractivity contribution >= 4 is 5.91 Å². The molecule has 9 heteroatoms. The SMILES string of the molecule is O=C(NCc1nc(-c2ccc(C(F)(F)F)cc2)no1)C1CCNCC1. The third kappa shape index (κ3) is 4.36. The molecule has 0 bridgehead atoms. The zero-order chi connectivity index (χ0) is 17.9. The van der Waals surface area contributed by atoms with Gasteiger partial charge in [-0.2, -0.15) is 18.2 Å². The van der Waals surface area contributed by atoms with E-state index in [4.69, 9.17) is 4.52 Å². The van der Waals surface area contributed by atoms with Gasteiger partial charge >= 0.3 is 6.18 Å². The van der Waals surface area contributed by atoms with Crippen LogP contribution in [0.2, 0.25) is 0 Å². The summed E-state index contributed by atoms with van der Waals surface area (Å²) in [5.74, 6) is 0.298. The van der Waals surface area contributed by atoms with Crippen molar-refractivity contribution in [3.63, 3.8) is 0 Å². The molecule has 3 rings (SSSR count). The lowest BCUT2D eigenvalue weighted by atomic mass is 9.97. The molecule has 2 heterocycles. The highest BCUT2D eigenvalue weighted by atomic mass is 19.4. The van der Waals surface area contributed by atoms with Crippen molar-refractivity contribution in [2.24, 2.45) is 5.92 Å². The first-order valence-corrected chi connectivity index (χ1v) is 7.92. The van der Waals surface area contributed by atoms with Gasteiger partial charge in [0, 0.05) is 11.5 Å². The number of nitrogens with zero attached hydrogens (tertiary/aromatic N) is 2. The van der Waals surface area contributed by atoms with Gasteiger partial charge in [-0.25, -0.2) is 0 Å². The Morgan fingerprint density at radius 1 is 1.24 bits per heavy atom. The molecule has 2 aromatic rings. The van der Waals surface area contributed by atoms with Crippen LogP contribution >= 0.6 is 0 Å². The predicted molar refractivity (Wildman–Crippen MR) is 82.2 cm³/mol.